The van der Waals surface area contributed by atoms with E-state index in [2.05, 4.69) is 21.3 Å². The zero-order valence-electron chi connectivity index (χ0n) is 13.4. The quantitative estimate of drug-likeness (QED) is 0.760. The lowest BCUT2D eigenvalue weighted by molar-refractivity contribution is 0.935. The fourth-order valence-corrected chi connectivity index (χ4v) is 3.33. The molecule has 0 spiro atoms. The van der Waals surface area contributed by atoms with Crippen LogP contribution in [0, 0.1) is 0 Å². The molecule has 1 N–H and O–H groups in total. The molecule has 4 nitrogen and oxygen atoms in total. The molecule has 0 aliphatic carbocycles. The van der Waals surface area contributed by atoms with E-state index in [-0.39, 0.29) is 0 Å². The smallest absolute Gasteiger partial charge is 0.225 e. The standard InChI is InChI=1S/C19H19ClN4/c20-16-9-3-1-7-14(16)13-21-19-22-17-10-4-2-8-15(17)18(23-19)24-11-5-6-12-24/h1-4,7-10H,5-6,11-13H2,(H,21,22,23). The van der Waals surface area contributed by atoms with Gasteiger partial charge in [0.05, 0.1) is 5.52 Å². The SMILES string of the molecule is Clc1ccccc1CNc1nc(N2CCCC2)c2ccccc2n1. The molecule has 1 fully saturated rings. The van der Waals surface area contributed by atoms with Crippen LogP contribution in [-0.4, -0.2) is 23.1 Å². The van der Waals surface area contributed by atoms with Gasteiger partial charge < -0.3 is 10.2 Å². The number of anilines is 2. The van der Waals surface area contributed by atoms with Gasteiger partial charge in [0.25, 0.3) is 0 Å². The number of hydrogen-bond acceptors (Lipinski definition) is 4. The molecule has 5 heteroatoms. The molecule has 0 bridgehead atoms. The first kappa shape index (κ1) is 15.2. The van der Waals surface area contributed by atoms with Crippen LogP contribution in [0.4, 0.5) is 11.8 Å². The Bertz CT molecular complexity index is 859. The minimum Gasteiger partial charge on any atom is -0.356 e. The number of halogens is 1. The first-order valence-corrected chi connectivity index (χ1v) is 8.68. The number of fused-ring (bicyclic) bond motifs is 1. The summed E-state index contributed by atoms with van der Waals surface area (Å²) in [4.78, 5) is 11.8. The van der Waals surface area contributed by atoms with Crippen LogP contribution in [0.15, 0.2) is 48.5 Å². The van der Waals surface area contributed by atoms with Crippen molar-refractivity contribution in [2.24, 2.45) is 0 Å². The van der Waals surface area contributed by atoms with Gasteiger partial charge in [-0.3, -0.25) is 0 Å². The highest BCUT2D eigenvalue weighted by Gasteiger charge is 2.18. The molecule has 0 saturated carbocycles. The molecule has 1 aromatic heterocycles. The van der Waals surface area contributed by atoms with Crippen molar-refractivity contribution < 1.29 is 0 Å². The average Bonchev–Trinajstić information content (AvgIpc) is 3.15. The number of para-hydroxylation sites is 1. The Labute approximate surface area is 146 Å². The predicted octanol–water partition coefficient (Wildman–Crippen LogP) is 4.50. The zero-order valence-corrected chi connectivity index (χ0v) is 14.1. The minimum atomic E-state index is 0.609. The summed E-state index contributed by atoms with van der Waals surface area (Å²) in [5, 5.41) is 5.19. The average molecular weight is 339 g/mol. The van der Waals surface area contributed by atoms with E-state index in [4.69, 9.17) is 16.6 Å². The summed E-state index contributed by atoms with van der Waals surface area (Å²) in [6.07, 6.45) is 2.45. The van der Waals surface area contributed by atoms with Crippen molar-refractivity contribution in [1.82, 2.24) is 9.97 Å². The summed E-state index contributed by atoms with van der Waals surface area (Å²) in [7, 11) is 0. The molecule has 4 rings (SSSR count). The maximum Gasteiger partial charge on any atom is 0.225 e. The second kappa shape index (κ2) is 6.65. The van der Waals surface area contributed by atoms with Crippen molar-refractivity contribution in [2.45, 2.75) is 19.4 Å². The summed E-state index contributed by atoms with van der Waals surface area (Å²) in [5.41, 5.74) is 2.01. The fraction of sp³-hybridized carbons (Fsp3) is 0.263. The second-order valence-corrected chi connectivity index (χ2v) is 6.43. The van der Waals surface area contributed by atoms with E-state index in [0.29, 0.717) is 12.5 Å². The van der Waals surface area contributed by atoms with Gasteiger partial charge in [0.15, 0.2) is 0 Å². The van der Waals surface area contributed by atoms with Crippen molar-refractivity contribution in [3.8, 4) is 0 Å². The Morgan fingerprint density at radius 3 is 2.54 bits per heavy atom. The van der Waals surface area contributed by atoms with E-state index in [0.717, 1.165) is 40.4 Å². The van der Waals surface area contributed by atoms with Crippen LogP contribution in [0.25, 0.3) is 10.9 Å². The molecule has 1 aliphatic heterocycles. The van der Waals surface area contributed by atoms with Gasteiger partial charge in [0.2, 0.25) is 5.95 Å². The topological polar surface area (TPSA) is 41.1 Å². The summed E-state index contributed by atoms with van der Waals surface area (Å²) in [6.45, 7) is 2.73. The van der Waals surface area contributed by atoms with Gasteiger partial charge in [-0.15, -0.1) is 0 Å². The minimum absolute atomic E-state index is 0.609. The molecule has 122 valence electrons. The maximum absolute atomic E-state index is 6.23. The lowest BCUT2D eigenvalue weighted by atomic mass is 10.2. The van der Waals surface area contributed by atoms with Gasteiger partial charge >= 0.3 is 0 Å². The molecule has 1 saturated heterocycles. The summed E-state index contributed by atoms with van der Waals surface area (Å²) < 4.78 is 0. The van der Waals surface area contributed by atoms with Crippen LogP contribution in [0.1, 0.15) is 18.4 Å². The molecule has 0 atom stereocenters. The number of nitrogens with one attached hydrogen (secondary N) is 1. The molecule has 0 unspecified atom stereocenters. The number of hydrogen-bond donors (Lipinski definition) is 1. The molecular weight excluding hydrogens is 320 g/mol. The zero-order chi connectivity index (χ0) is 16.4. The molecule has 0 radical (unpaired) electrons. The van der Waals surface area contributed by atoms with Gasteiger partial charge in [-0.1, -0.05) is 41.9 Å². The molecule has 2 heterocycles. The summed E-state index contributed by atoms with van der Waals surface area (Å²) in [5.74, 6) is 1.68. The van der Waals surface area contributed by atoms with E-state index in [1.54, 1.807) is 0 Å². The van der Waals surface area contributed by atoms with Gasteiger partial charge in [-0.05, 0) is 36.6 Å². The van der Waals surface area contributed by atoms with Gasteiger partial charge in [0.1, 0.15) is 5.82 Å². The Kier molecular flexibility index (Phi) is 4.22. The van der Waals surface area contributed by atoms with Crippen molar-refractivity contribution in [1.29, 1.82) is 0 Å². The lowest BCUT2D eigenvalue weighted by Gasteiger charge is -2.19. The molecule has 24 heavy (non-hydrogen) atoms. The Morgan fingerprint density at radius 2 is 1.71 bits per heavy atom. The van der Waals surface area contributed by atoms with E-state index in [9.17, 15) is 0 Å². The summed E-state index contributed by atoms with van der Waals surface area (Å²) >= 11 is 6.23. The Morgan fingerprint density at radius 1 is 0.958 bits per heavy atom. The van der Waals surface area contributed by atoms with Crippen molar-refractivity contribution in [2.75, 3.05) is 23.3 Å². The maximum atomic E-state index is 6.23. The third-order valence-electron chi connectivity index (χ3n) is 4.38. The second-order valence-electron chi connectivity index (χ2n) is 6.03. The van der Waals surface area contributed by atoms with Crippen LogP contribution >= 0.6 is 11.6 Å². The van der Waals surface area contributed by atoms with E-state index in [1.807, 2.05) is 42.5 Å². The van der Waals surface area contributed by atoms with Crippen LogP contribution in [0.2, 0.25) is 5.02 Å². The highest BCUT2D eigenvalue weighted by Crippen LogP contribution is 2.28. The van der Waals surface area contributed by atoms with E-state index in [1.165, 1.54) is 12.8 Å². The van der Waals surface area contributed by atoms with Crippen LogP contribution in [0.5, 0.6) is 0 Å². The normalized spacial score (nSPS) is 14.3. The molecule has 3 aromatic rings. The van der Waals surface area contributed by atoms with Gasteiger partial charge in [-0.25, -0.2) is 4.98 Å². The first-order chi connectivity index (χ1) is 11.8. The Balaban J connectivity index is 1.67. The van der Waals surface area contributed by atoms with Crippen LogP contribution in [0.3, 0.4) is 0 Å². The van der Waals surface area contributed by atoms with Crippen molar-refractivity contribution in [3.63, 3.8) is 0 Å². The molecule has 1 aliphatic rings. The highest BCUT2D eigenvalue weighted by atomic mass is 35.5. The highest BCUT2D eigenvalue weighted by molar-refractivity contribution is 6.31. The lowest BCUT2D eigenvalue weighted by Crippen LogP contribution is -2.20. The van der Waals surface area contributed by atoms with Crippen molar-refractivity contribution >= 4 is 34.3 Å². The fourth-order valence-electron chi connectivity index (χ4n) is 3.12. The largest absolute Gasteiger partial charge is 0.356 e. The van der Waals surface area contributed by atoms with Crippen LogP contribution in [-0.2, 0) is 6.54 Å². The Hall–Kier alpha value is -2.33. The van der Waals surface area contributed by atoms with Gasteiger partial charge in [-0.2, -0.15) is 4.98 Å². The third kappa shape index (κ3) is 3.02. The van der Waals surface area contributed by atoms with Crippen LogP contribution < -0.4 is 10.2 Å². The number of nitrogens with zero attached hydrogens (tertiary/aromatic N) is 3. The van der Waals surface area contributed by atoms with Crippen molar-refractivity contribution in [3.05, 3.63) is 59.1 Å². The monoisotopic (exact) mass is 338 g/mol. The molecular formula is C19H19ClN4. The number of benzene rings is 2. The van der Waals surface area contributed by atoms with E-state index < -0.39 is 0 Å². The number of rotatable bonds is 4. The molecule has 2 aromatic carbocycles. The third-order valence-corrected chi connectivity index (χ3v) is 4.75. The number of aromatic nitrogens is 2. The molecule has 0 amide bonds. The van der Waals surface area contributed by atoms with Gasteiger partial charge in [0, 0.05) is 30.0 Å². The van der Waals surface area contributed by atoms with E-state index >= 15 is 0 Å². The first-order valence-electron chi connectivity index (χ1n) is 8.30. The predicted molar refractivity (Wildman–Crippen MR) is 99.8 cm³/mol. The summed E-state index contributed by atoms with van der Waals surface area (Å²) in [6, 6.07) is 16.0.